The van der Waals surface area contributed by atoms with E-state index >= 15 is 0 Å². The van der Waals surface area contributed by atoms with Crippen LogP contribution in [0.3, 0.4) is 0 Å². The van der Waals surface area contributed by atoms with Gasteiger partial charge in [0.05, 0.1) is 11.3 Å². The van der Waals surface area contributed by atoms with E-state index in [1.807, 2.05) is 17.5 Å². The molecular weight excluding hydrogens is 372 g/mol. The van der Waals surface area contributed by atoms with Crippen molar-refractivity contribution in [1.82, 2.24) is 9.80 Å². The summed E-state index contributed by atoms with van der Waals surface area (Å²) < 4.78 is 0.186. The molecule has 124 valence electrons. The standard InChI is InChI=1S/C14H10N2O5S3/c17-10-5-8(12(20)15(10)6-11(18)19)16-13(21)9(24-14(16)22)4-7-2-1-3-23-7/h1-4,8H,5-6H2,(H,18,19)/b9-4+. The molecule has 0 aliphatic carbocycles. The number of amides is 3. The molecule has 0 bridgehead atoms. The largest absolute Gasteiger partial charge is 0.480 e. The average Bonchev–Trinajstić information content (AvgIpc) is 3.17. The summed E-state index contributed by atoms with van der Waals surface area (Å²) in [5.74, 6) is -3.07. The molecule has 2 aliphatic heterocycles. The normalized spacial score (nSPS) is 23.0. The fourth-order valence-corrected chi connectivity index (χ4v) is 4.50. The van der Waals surface area contributed by atoms with Gasteiger partial charge in [0, 0.05) is 4.88 Å². The first kappa shape index (κ1) is 16.8. The molecule has 2 fully saturated rings. The maximum Gasteiger partial charge on any atom is 0.323 e. The molecule has 2 aliphatic rings. The predicted octanol–water partition coefficient (Wildman–Crippen LogP) is 1.16. The van der Waals surface area contributed by atoms with Crippen molar-refractivity contribution in [1.29, 1.82) is 0 Å². The third kappa shape index (κ3) is 2.99. The number of likely N-dealkylation sites (tertiary alicyclic amines) is 1. The number of thioether (sulfide) groups is 1. The minimum atomic E-state index is -1.29. The summed E-state index contributed by atoms with van der Waals surface area (Å²) in [6, 6.07) is 2.62. The fraction of sp³-hybridized carbons (Fsp3) is 0.214. The quantitative estimate of drug-likeness (QED) is 0.474. The van der Waals surface area contributed by atoms with Gasteiger partial charge in [0.25, 0.3) is 11.8 Å². The number of carboxylic acid groups (broad SMARTS) is 1. The van der Waals surface area contributed by atoms with E-state index in [1.165, 1.54) is 11.3 Å². The summed E-state index contributed by atoms with van der Waals surface area (Å²) in [6.45, 7) is -0.714. The van der Waals surface area contributed by atoms with E-state index in [9.17, 15) is 19.2 Å². The number of hydrogen-bond acceptors (Lipinski definition) is 7. The fourth-order valence-electron chi connectivity index (χ4n) is 2.42. The van der Waals surface area contributed by atoms with Crippen molar-refractivity contribution in [2.75, 3.05) is 6.54 Å². The number of thiophene rings is 1. The van der Waals surface area contributed by atoms with Crippen molar-refractivity contribution in [2.45, 2.75) is 12.5 Å². The zero-order chi connectivity index (χ0) is 17.4. The molecule has 1 N–H and O–H groups in total. The van der Waals surface area contributed by atoms with Gasteiger partial charge in [-0.3, -0.25) is 29.0 Å². The zero-order valence-electron chi connectivity index (χ0n) is 12.0. The number of imide groups is 1. The Hall–Kier alpha value is -2.04. The van der Waals surface area contributed by atoms with Gasteiger partial charge in [-0.25, -0.2) is 0 Å². The zero-order valence-corrected chi connectivity index (χ0v) is 14.4. The summed E-state index contributed by atoms with van der Waals surface area (Å²) >= 11 is 7.70. The molecule has 0 spiro atoms. The van der Waals surface area contributed by atoms with Crippen molar-refractivity contribution < 1.29 is 24.3 Å². The Morgan fingerprint density at radius 1 is 1.42 bits per heavy atom. The summed E-state index contributed by atoms with van der Waals surface area (Å²) in [7, 11) is 0. The van der Waals surface area contributed by atoms with Gasteiger partial charge in [-0.05, 0) is 17.5 Å². The van der Waals surface area contributed by atoms with Gasteiger partial charge >= 0.3 is 5.97 Å². The molecule has 0 saturated carbocycles. The van der Waals surface area contributed by atoms with Crippen LogP contribution in [0.15, 0.2) is 22.4 Å². The molecule has 24 heavy (non-hydrogen) atoms. The molecule has 2 saturated heterocycles. The number of carboxylic acids is 1. The first-order chi connectivity index (χ1) is 11.4. The predicted molar refractivity (Wildman–Crippen MR) is 92.1 cm³/mol. The van der Waals surface area contributed by atoms with Gasteiger partial charge in [0.1, 0.15) is 16.9 Å². The van der Waals surface area contributed by atoms with Crippen LogP contribution < -0.4 is 0 Å². The highest BCUT2D eigenvalue weighted by atomic mass is 32.2. The van der Waals surface area contributed by atoms with E-state index in [0.29, 0.717) is 9.81 Å². The number of hydrogen-bond donors (Lipinski definition) is 1. The minimum Gasteiger partial charge on any atom is -0.480 e. The molecule has 3 rings (SSSR count). The van der Waals surface area contributed by atoms with Crippen LogP contribution >= 0.6 is 35.3 Å². The topological polar surface area (TPSA) is 95.0 Å². The van der Waals surface area contributed by atoms with E-state index in [1.54, 1.807) is 6.08 Å². The summed E-state index contributed by atoms with van der Waals surface area (Å²) in [5, 5.41) is 10.7. The lowest BCUT2D eigenvalue weighted by Crippen LogP contribution is -2.45. The molecule has 3 amide bonds. The van der Waals surface area contributed by atoms with E-state index < -0.39 is 36.3 Å². The van der Waals surface area contributed by atoms with Gasteiger partial charge in [0.2, 0.25) is 5.91 Å². The highest BCUT2D eigenvalue weighted by molar-refractivity contribution is 8.26. The Morgan fingerprint density at radius 2 is 2.17 bits per heavy atom. The van der Waals surface area contributed by atoms with Crippen molar-refractivity contribution in [3.8, 4) is 0 Å². The van der Waals surface area contributed by atoms with E-state index in [2.05, 4.69) is 0 Å². The van der Waals surface area contributed by atoms with Crippen LogP contribution in [0, 0.1) is 0 Å². The van der Waals surface area contributed by atoms with Gasteiger partial charge in [-0.2, -0.15) is 0 Å². The third-order valence-corrected chi connectivity index (χ3v) is 5.61. The lowest BCUT2D eigenvalue weighted by atomic mass is 10.2. The van der Waals surface area contributed by atoms with Crippen molar-refractivity contribution in [2.24, 2.45) is 0 Å². The lowest BCUT2D eigenvalue weighted by molar-refractivity contribution is -0.149. The second kappa shape index (κ2) is 6.46. The number of carbonyl (C=O) groups excluding carboxylic acids is 3. The van der Waals surface area contributed by atoms with Crippen LogP contribution in [0.5, 0.6) is 0 Å². The van der Waals surface area contributed by atoms with Crippen molar-refractivity contribution in [3.63, 3.8) is 0 Å². The van der Waals surface area contributed by atoms with E-state index in [4.69, 9.17) is 17.3 Å². The summed E-state index contributed by atoms with van der Waals surface area (Å²) in [4.78, 5) is 50.5. The summed E-state index contributed by atoms with van der Waals surface area (Å²) in [6.07, 6.45) is 1.42. The molecule has 10 heteroatoms. The molecule has 0 radical (unpaired) electrons. The Bertz CT molecular complexity index is 786. The Morgan fingerprint density at radius 3 is 2.79 bits per heavy atom. The van der Waals surface area contributed by atoms with Crippen LogP contribution in [-0.2, 0) is 19.2 Å². The highest BCUT2D eigenvalue weighted by Crippen LogP contribution is 2.36. The number of nitrogens with zero attached hydrogens (tertiary/aromatic N) is 2. The molecule has 1 atom stereocenters. The number of thiocarbonyl (C=S) groups is 1. The first-order valence-electron chi connectivity index (χ1n) is 6.75. The number of carbonyl (C=O) groups is 4. The number of rotatable bonds is 4. The SMILES string of the molecule is O=C(O)CN1C(=O)CC(N2C(=O)/C(=C\c3cccs3)SC2=S)C1=O. The lowest BCUT2D eigenvalue weighted by Gasteiger charge is -2.20. The van der Waals surface area contributed by atoms with Gasteiger partial charge < -0.3 is 5.11 Å². The van der Waals surface area contributed by atoms with Crippen LogP contribution in [0.1, 0.15) is 11.3 Å². The number of aliphatic carboxylic acids is 1. The van der Waals surface area contributed by atoms with Crippen molar-refractivity contribution >= 4 is 69.4 Å². The van der Waals surface area contributed by atoms with Gasteiger partial charge in [0.15, 0.2) is 0 Å². The van der Waals surface area contributed by atoms with Crippen LogP contribution in [0.25, 0.3) is 6.08 Å². The minimum absolute atomic E-state index is 0.186. The molecule has 7 nitrogen and oxygen atoms in total. The molecule has 1 aromatic rings. The monoisotopic (exact) mass is 382 g/mol. The maximum absolute atomic E-state index is 12.6. The molecule has 1 aromatic heterocycles. The second-order valence-electron chi connectivity index (χ2n) is 5.00. The average molecular weight is 382 g/mol. The molecule has 1 unspecified atom stereocenters. The van der Waals surface area contributed by atoms with Crippen molar-refractivity contribution in [3.05, 3.63) is 27.3 Å². The summed E-state index contributed by atoms with van der Waals surface area (Å²) in [5.41, 5.74) is 0. The molecule has 0 aromatic carbocycles. The van der Waals surface area contributed by atoms with E-state index in [0.717, 1.165) is 21.5 Å². The Kier molecular flexibility index (Phi) is 4.52. The maximum atomic E-state index is 12.6. The van der Waals surface area contributed by atoms with Gasteiger partial charge in [-0.15, -0.1) is 11.3 Å². The third-order valence-electron chi connectivity index (χ3n) is 3.47. The highest BCUT2D eigenvalue weighted by Gasteiger charge is 2.48. The van der Waals surface area contributed by atoms with Crippen LogP contribution in [0.2, 0.25) is 0 Å². The van der Waals surface area contributed by atoms with Gasteiger partial charge in [-0.1, -0.05) is 30.0 Å². The molecular formula is C14H10N2O5S3. The Labute approximate surface area is 149 Å². The molecule has 3 heterocycles. The first-order valence-corrected chi connectivity index (χ1v) is 8.85. The smallest absolute Gasteiger partial charge is 0.323 e. The van der Waals surface area contributed by atoms with Crippen LogP contribution in [0.4, 0.5) is 0 Å². The second-order valence-corrected chi connectivity index (χ2v) is 7.65. The van der Waals surface area contributed by atoms with E-state index in [-0.39, 0.29) is 10.7 Å². The van der Waals surface area contributed by atoms with Crippen LogP contribution in [-0.4, -0.2) is 55.5 Å². The Balaban J connectivity index is 1.84.